The highest BCUT2D eigenvalue weighted by molar-refractivity contribution is 7.13. The molecule has 31 heavy (non-hydrogen) atoms. The molecule has 2 aromatic heterocycles. The maximum Gasteiger partial charge on any atom is 0.490 e. The highest BCUT2D eigenvalue weighted by Crippen LogP contribution is 2.24. The van der Waals surface area contributed by atoms with Crippen LogP contribution in [0.3, 0.4) is 0 Å². The largest absolute Gasteiger partial charge is 0.490 e. The van der Waals surface area contributed by atoms with Gasteiger partial charge in [-0.15, -0.1) is 11.3 Å². The van der Waals surface area contributed by atoms with Crippen molar-refractivity contribution in [1.82, 2.24) is 19.9 Å². The van der Waals surface area contributed by atoms with Crippen molar-refractivity contribution in [2.45, 2.75) is 45.1 Å². The Morgan fingerprint density at radius 1 is 1.13 bits per heavy atom. The number of thiazole rings is 1. The molecule has 1 aliphatic rings. The number of halogens is 4. The number of aromatic nitrogens is 3. The van der Waals surface area contributed by atoms with Crippen molar-refractivity contribution in [3.63, 3.8) is 0 Å². The molecule has 6 nitrogen and oxygen atoms in total. The molecule has 1 aromatic carbocycles. The first-order valence-corrected chi connectivity index (χ1v) is 10.4. The molecule has 3 heterocycles. The van der Waals surface area contributed by atoms with Crippen LogP contribution in [0.25, 0.3) is 10.6 Å². The maximum absolute atomic E-state index is 13.0. The fraction of sp³-hybridized carbons (Fsp3) is 0.350. The quantitative estimate of drug-likeness (QED) is 0.556. The van der Waals surface area contributed by atoms with Crippen molar-refractivity contribution in [3.05, 3.63) is 58.9 Å². The summed E-state index contributed by atoms with van der Waals surface area (Å²) in [7, 11) is 0. The van der Waals surface area contributed by atoms with Crippen LogP contribution in [0.1, 0.15) is 30.1 Å². The number of alkyl halides is 3. The molecule has 0 radical (unpaired) electrons. The average Bonchev–Trinajstić information content (AvgIpc) is 3.35. The highest BCUT2D eigenvalue weighted by atomic mass is 32.1. The fourth-order valence-electron chi connectivity index (χ4n) is 2.99. The second-order valence-corrected chi connectivity index (χ2v) is 7.71. The zero-order valence-electron chi connectivity index (χ0n) is 16.3. The molecule has 2 N–H and O–H groups in total. The van der Waals surface area contributed by atoms with Gasteiger partial charge in [0.2, 0.25) is 0 Å². The van der Waals surface area contributed by atoms with Crippen LogP contribution in [0.2, 0.25) is 0 Å². The first-order chi connectivity index (χ1) is 14.7. The predicted molar refractivity (Wildman–Crippen MR) is 107 cm³/mol. The predicted octanol–water partition coefficient (Wildman–Crippen LogP) is 4.41. The van der Waals surface area contributed by atoms with E-state index in [-0.39, 0.29) is 5.82 Å². The molecule has 1 aliphatic heterocycles. The van der Waals surface area contributed by atoms with Crippen LogP contribution in [0.5, 0.6) is 0 Å². The number of carboxylic acids is 1. The number of nitrogens with zero attached hydrogens (tertiary/aromatic N) is 3. The number of hydrogen-bond donors (Lipinski definition) is 2. The highest BCUT2D eigenvalue weighted by Gasteiger charge is 2.38. The molecule has 0 aliphatic carbocycles. The van der Waals surface area contributed by atoms with E-state index in [0.717, 1.165) is 41.5 Å². The molecule has 3 aromatic rings. The molecule has 0 bridgehead atoms. The van der Waals surface area contributed by atoms with Gasteiger partial charge in [-0.2, -0.15) is 13.2 Å². The number of carbonyl (C=O) groups is 1. The third kappa shape index (κ3) is 6.59. The molecule has 4 rings (SSSR count). The molecular formula is C20H20F4N4O2S. The Balaban J connectivity index is 0.000000339. The van der Waals surface area contributed by atoms with E-state index >= 15 is 0 Å². The van der Waals surface area contributed by atoms with E-state index in [0.29, 0.717) is 6.54 Å². The number of rotatable bonds is 5. The summed E-state index contributed by atoms with van der Waals surface area (Å²) < 4.78 is 47.0. The van der Waals surface area contributed by atoms with Gasteiger partial charge in [-0.05, 0) is 37.1 Å². The number of nitrogens with one attached hydrogen (secondary N) is 1. The van der Waals surface area contributed by atoms with E-state index in [1.165, 1.54) is 30.8 Å². The van der Waals surface area contributed by atoms with E-state index in [1.807, 2.05) is 5.38 Å². The lowest BCUT2D eigenvalue weighted by Gasteiger charge is -2.11. The lowest BCUT2D eigenvalue weighted by Crippen LogP contribution is -2.21. The van der Waals surface area contributed by atoms with Gasteiger partial charge in [-0.1, -0.05) is 0 Å². The van der Waals surface area contributed by atoms with Gasteiger partial charge in [0.1, 0.15) is 16.6 Å². The molecule has 0 unspecified atom stereocenters. The Morgan fingerprint density at radius 2 is 1.81 bits per heavy atom. The van der Waals surface area contributed by atoms with Gasteiger partial charge in [0.25, 0.3) is 0 Å². The number of benzene rings is 1. The Bertz CT molecular complexity index is 992. The summed E-state index contributed by atoms with van der Waals surface area (Å²) in [5, 5.41) is 13.5. The Kier molecular flexibility index (Phi) is 7.39. The normalized spacial score (nSPS) is 13.3. The van der Waals surface area contributed by atoms with Gasteiger partial charge in [-0.3, -0.25) is 0 Å². The van der Waals surface area contributed by atoms with Gasteiger partial charge < -0.3 is 15.0 Å². The van der Waals surface area contributed by atoms with E-state index in [2.05, 4.69) is 21.1 Å². The lowest BCUT2D eigenvalue weighted by atomic mass is 10.2. The van der Waals surface area contributed by atoms with E-state index in [1.54, 1.807) is 23.5 Å². The number of imidazole rings is 1. The fourth-order valence-corrected chi connectivity index (χ4v) is 3.81. The van der Waals surface area contributed by atoms with Crippen molar-refractivity contribution < 1.29 is 27.5 Å². The van der Waals surface area contributed by atoms with Crippen molar-refractivity contribution in [1.29, 1.82) is 0 Å². The molecule has 0 saturated carbocycles. The van der Waals surface area contributed by atoms with Crippen LogP contribution in [-0.4, -0.2) is 31.8 Å². The maximum atomic E-state index is 13.0. The van der Waals surface area contributed by atoms with Gasteiger partial charge in [0, 0.05) is 43.2 Å². The van der Waals surface area contributed by atoms with Gasteiger partial charge >= 0.3 is 12.1 Å². The third-order valence-electron chi connectivity index (χ3n) is 4.46. The minimum absolute atomic E-state index is 0.222. The van der Waals surface area contributed by atoms with Crippen LogP contribution in [-0.2, 0) is 30.8 Å². The molecule has 11 heteroatoms. The summed E-state index contributed by atoms with van der Waals surface area (Å²) in [6, 6.07) is 6.46. The standard InChI is InChI=1S/C18H19FN4S.C2HF3O2/c19-14-6-4-13(5-7-14)18-22-16(12-24-18)10-20-9-15-11-23-8-2-1-3-17(23)21-15;3-2(4,5)1(6)7/h4-7,11-12,20H,1-3,8-10H2;(H,6,7). The molecule has 0 atom stereocenters. The summed E-state index contributed by atoms with van der Waals surface area (Å²) in [5.74, 6) is -1.77. The second-order valence-electron chi connectivity index (χ2n) is 6.86. The number of fused-ring (bicyclic) bond motifs is 1. The van der Waals surface area contributed by atoms with Crippen LogP contribution < -0.4 is 5.32 Å². The van der Waals surface area contributed by atoms with Crippen LogP contribution >= 0.6 is 11.3 Å². The summed E-state index contributed by atoms with van der Waals surface area (Å²) in [4.78, 5) is 18.2. The summed E-state index contributed by atoms with van der Waals surface area (Å²) >= 11 is 1.58. The number of aryl methyl sites for hydroxylation is 2. The van der Waals surface area contributed by atoms with Crippen LogP contribution in [0, 0.1) is 5.82 Å². The van der Waals surface area contributed by atoms with Crippen molar-refractivity contribution in [2.24, 2.45) is 0 Å². The minimum atomic E-state index is -5.08. The first-order valence-electron chi connectivity index (χ1n) is 9.48. The molecule has 0 spiro atoms. The summed E-state index contributed by atoms with van der Waals surface area (Å²) in [6.45, 7) is 2.55. The topological polar surface area (TPSA) is 80.0 Å². The van der Waals surface area contributed by atoms with Crippen molar-refractivity contribution in [3.8, 4) is 10.6 Å². The van der Waals surface area contributed by atoms with Crippen molar-refractivity contribution >= 4 is 17.3 Å². The number of aliphatic carboxylic acids is 1. The van der Waals surface area contributed by atoms with Gasteiger partial charge in [0.15, 0.2) is 0 Å². The van der Waals surface area contributed by atoms with E-state index in [4.69, 9.17) is 14.9 Å². The SMILES string of the molecule is Fc1ccc(-c2nc(CNCc3cn4c(n3)CCCC4)cs2)cc1.O=C(O)C(F)(F)F. The Labute approximate surface area is 179 Å². The second kappa shape index (κ2) is 10.0. The minimum Gasteiger partial charge on any atom is -0.475 e. The van der Waals surface area contributed by atoms with Crippen LogP contribution in [0.15, 0.2) is 35.8 Å². The third-order valence-corrected chi connectivity index (χ3v) is 5.40. The van der Waals surface area contributed by atoms with Gasteiger partial charge in [-0.25, -0.2) is 19.2 Å². The number of carboxylic acid groups (broad SMARTS) is 1. The first kappa shape index (κ1) is 22.9. The lowest BCUT2D eigenvalue weighted by molar-refractivity contribution is -0.192. The monoisotopic (exact) mass is 456 g/mol. The smallest absolute Gasteiger partial charge is 0.475 e. The molecule has 0 amide bonds. The summed E-state index contributed by atoms with van der Waals surface area (Å²) in [6.07, 6.45) is 0.662. The van der Waals surface area contributed by atoms with E-state index in [9.17, 15) is 17.6 Å². The Hall–Kier alpha value is -2.79. The molecule has 0 saturated heterocycles. The number of hydrogen-bond acceptors (Lipinski definition) is 5. The van der Waals surface area contributed by atoms with E-state index < -0.39 is 12.1 Å². The molecule has 166 valence electrons. The Morgan fingerprint density at radius 3 is 2.45 bits per heavy atom. The zero-order valence-corrected chi connectivity index (χ0v) is 17.1. The summed E-state index contributed by atoms with van der Waals surface area (Å²) in [5.41, 5.74) is 3.05. The molecule has 0 fully saturated rings. The van der Waals surface area contributed by atoms with Crippen LogP contribution in [0.4, 0.5) is 17.6 Å². The van der Waals surface area contributed by atoms with Crippen molar-refractivity contribution in [2.75, 3.05) is 0 Å². The average molecular weight is 456 g/mol. The van der Waals surface area contributed by atoms with Gasteiger partial charge in [0.05, 0.1) is 11.4 Å². The molecular weight excluding hydrogens is 436 g/mol. The zero-order chi connectivity index (χ0) is 22.4.